The normalized spacial score (nSPS) is 11.6. The van der Waals surface area contributed by atoms with Crippen molar-refractivity contribution >= 4 is 29.7 Å². The second-order valence-electron chi connectivity index (χ2n) is 4.09. The Morgan fingerprint density at radius 1 is 1.40 bits per heavy atom. The number of methoxy groups -OCH3 is 1. The summed E-state index contributed by atoms with van der Waals surface area (Å²) in [6.45, 7) is 2.52. The Kier molecular flexibility index (Phi) is 9.61. The molecule has 0 aliphatic rings. The fraction of sp³-hybridized carbons (Fsp3) is 0.750. The first kappa shape index (κ1) is 18.6. The first-order chi connectivity index (χ1) is 9.46. The number of ether oxygens (including phenoxy) is 1. The lowest BCUT2D eigenvalue weighted by Gasteiger charge is -2.26. The monoisotopic (exact) mass is 305 g/mol. The third-order valence-electron chi connectivity index (χ3n) is 2.73. The molecule has 8 heteroatoms. The van der Waals surface area contributed by atoms with Crippen LogP contribution in [0.25, 0.3) is 0 Å². The summed E-state index contributed by atoms with van der Waals surface area (Å²) < 4.78 is 4.54. The quantitative estimate of drug-likeness (QED) is 0.592. The molecule has 3 amide bonds. The molecule has 0 aromatic rings. The van der Waals surface area contributed by atoms with Crippen molar-refractivity contribution < 1.29 is 19.1 Å². The smallest absolute Gasteiger partial charge is 0.312 e. The minimum absolute atomic E-state index is 0.127. The van der Waals surface area contributed by atoms with Crippen LogP contribution < -0.4 is 11.1 Å². The molecule has 1 unspecified atom stereocenters. The summed E-state index contributed by atoms with van der Waals surface area (Å²) in [5.74, 6) is 0.120. The van der Waals surface area contributed by atoms with Crippen molar-refractivity contribution in [1.82, 2.24) is 10.2 Å². The predicted octanol–water partition coefficient (Wildman–Crippen LogP) is 0.188. The highest BCUT2D eigenvalue weighted by molar-refractivity contribution is 7.98. The number of hydrogen-bond acceptors (Lipinski definition) is 5. The molecule has 7 nitrogen and oxygen atoms in total. The van der Waals surface area contributed by atoms with Gasteiger partial charge in [-0.15, -0.1) is 0 Å². The average molecular weight is 305 g/mol. The Labute approximate surface area is 123 Å². The van der Waals surface area contributed by atoms with Gasteiger partial charge in [0.25, 0.3) is 0 Å². The molecule has 0 fully saturated rings. The van der Waals surface area contributed by atoms with Crippen molar-refractivity contribution in [3.63, 3.8) is 0 Å². The highest BCUT2D eigenvalue weighted by atomic mass is 32.2. The Morgan fingerprint density at radius 2 is 2.05 bits per heavy atom. The topological polar surface area (TPSA) is 102 Å². The fourth-order valence-electron chi connectivity index (χ4n) is 1.64. The zero-order valence-electron chi connectivity index (χ0n) is 12.2. The molecule has 0 aromatic heterocycles. The lowest BCUT2D eigenvalue weighted by Crippen LogP contribution is -2.50. The summed E-state index contributed by atoms with van der Waals surface area (Å²) >= 11 is 1.58. The Bertz CT molecular complexity index is 339. The molecule has 0 spiro atoms. The van der Waals surface area contributed by atoms with Gasteiger partial charge >= 0.3 is 12.0 Å². The van der Waals surface area contributed by atoms with Gasteiger partial charge in [0.05, 0.1) is 13.5 Å². The maximum Gasteiger partial charge on any atom is 0.312 e. The number of carbonyl (C=O) groups excluding carboxylic acids is 3. The lowest BCUT2D eigenvalue weighted by atomic mass is 10.2. The number of rotatable bonds is 9. The number of nitrogens with one attached hydrogen (secondary N) is 1. The molecule has 3 N–H and O–H groups in total. The van der Waals surface area contributed by atoms with Crippen LogP contribution in [-0.4, -0.2) is 61.1 Å². The number of nitrogens with zero attached hydrogens (tertiary/aromatic N) is 1. The number of likely N-dealkylation sites (N-methyl/N-ethyl adjacent to an activating group) is 1. The summed E-state index contributed by atoms with van der Waals surface area (Å²) in [6.07, 6.45) is 2.54. The molecule has 0 radical (unpaired) electrons. The van der Waals surface area contributed by atoms with E-state index in [1.165, 1.54) is 12.0 Å². The molecule has 0 aromatic carbocycles. The number of nitrogens with two attached hydrogens (primary N) is 1. The lowest BCUT2D eigenvalue weighted by molar-refractivity contribution is -0.142. The number of thioether (sulfide) groups is 1. The van der Waals surface area contributed by atoms with Crippen molar-refractivity contribution in [2.45, 2.75) is 25.8 Å². The summed E-state index contributed by atoms with van der Waals surface area (Å²) in [5.41, 5.74) is 5.09. The van der Waals surface area contributed by atoms with Crippen LogP contribution in [0.5, 0.6) is 0 Å². The van der Waals surface area contributed by atoms with Crippen molar-refractivity contribution in [3.05, 3.63) is 0 Å². The van der Waals surface area contributed by atoms with E-state index in [0.29, 0.717) is 13.0 Å². The molecule has 0 rings (SSSR count). The van der Waals surface area contributed by atoms with Crippen LogP contribution in [0.3, 0.4) is 0 Å². The number of esters is 1. The van der Waals surface area contributed by atoms with E-state index in [4.69, 9.17) is 5.73 Å². The highest BCUT2D eigenvalue weighted by Crippen LogP contribution is 2.06. The van der Waals surface area contributed by atoms with Crippen LogP contribution in [0.1, 0.15) is 19.8 Å². The van der Waals surface area contributed by atoms with E-state index in [1.807, 2.05) is 13.2 Å². The van der Waals surface area contributed by atoms with E-state index in [-0.39, 0.29) is 24.8 Å². The Hall–Kier alpha value is -1.44. The SMILES string of the molecule is CCN(CCC(=O)OC)C(=O)C(CCSC)NC(N)=O. The number of primary amides is 1. The minimum Gasteiger partial charge on any atom is -0.469 e. The van der Waals surface area contributed by atoms with E-state index >= 15 is 0 Å². The van der Waals surface area contributed by atoms with Crippen molar-refractivity contribution in [2.75, 3.05) is 32.2 Å². The molecular weight excluding hydrogens is 282 g/mol. The Morgan fingerprint density at radius 3 is 2.50 bits per heavy atom. The summed E-state index contributed by atoms with van der Waals surface area (Å²) in [6, 6.07) is -1.38. The molecule has 0 saturated carbocycles. The predicted molar refractivity (Wildman–Crippen MR) is 78.4 cm³/mol. The zero-order chi connectivity index (χ0) is 15.5. The second-order valence-corrected chi connectivity index (χ2v) is 5.07. The average Bonchev–Trinajstić information content (AvgIpc) is 2.42. The largest absolute Gasteiger partial charge is 0.469 e. The maximum absolute atomic E-state index is 12.3. The standard InChI is InChI=1S/C12H23N3O4S/c1-4-15(7-5-10(16)19-2)11(17)9(6-8-20-3)14-12(13)18/h9H,4-8H2,1-3H3,(H3,13,14,18). The van der Waals surface area contributed by atoms with Gasteiger partial charge in [-0.3, -0.25) is 9.59 Å². The van der Waals surface area contributed by atoms with Gasteiger partial charge < -0.3 is 20.7 Å². The summed E-state index contributed by atoms with van der Waals surface area (Å²) in [4.78, 5) is 35.9. The van der Waals surface area contributed by atoms with Gasteiger partial charge in [0.2, 0.25) is 5.91 Å². The summed E-state index contributed by atoms with van der Waals surface area (Å²) in [5, 5.41) is 2.45. The van der Waals surface area contributed by atoms with E-state index < -0.39 is 12.1 Å². The van der Waals surface area contributed by atoms with Gasteiger partial charge in [-0.2, -0.15) is 11.8 Å². The van der Waals surface area contributed by atoms with Gasteiger partial charge in [0.15, 0.2) is 0 Å². The number of amides is 3. The van der Waals surface area contributed by atoms with Gasteiger partial charge in [-0.1, -0.05) is 0 Å². The van der Waals surface area contributed by atoms with Crippen LogP contribution in [0.15, 0.2) is 0 Å². The van der Waals surface area contributed by atoms with Crippen molar-refractivity contribution in [3.8, 4) is 0 Å². The first-order valence-electron chi connectivity index (χ1n) is 6.36. The highest BCUT2D eigenvalue weighted by Gasteiger charge is 2.24. The second kappa shape index (κ2) is 10.4. The minimum atomic E-state index is -0.728. The van der Waals surface area contributed by atoms with Crippen molar-refractivity contribution in [2.24, 2.45) is 5.73 Å². The van der Waals surface area contributed by atoms with Crippen LogP contribution in [0.2, 0.25) is 0 Å². The number of urea groups is 1. The first-order valence-corrected chi connectivity index (χ1v) is 7.76. The summed E-state index contributed by atoms with van der Waals surface area (Å²) in [7, 11) is 1.30. The molecule has 20 heavy (non-hydrogen) atoms. The van der Waals surface area contributed by atoms with Crippen LogP contribution in [0, 0.1) is 0 Å². The van der Waals surface area contributed by atoms with E-state index in [0.717, 1.165) is 5.75 Å². The van der Waals surface area contributed by atoms with Crippen LogP contribution in [-0.2, 0) is 14.3 Å². The molecule has 1 atom stereocenters. The van der Waals surface area contributed by atoms with E-state index in [2.05, 4.69) is 10.1 Å². The third kappa shape index (κ3) is 7.22. The molecule has 0 heterocycles. The molecule has 0 aliphatic carbocycles. The molecular formula is C12H23N3O4S. The Balaban J connectivity index is 4.62. The zero-order valence-corrected chi connectivity index (χ0v) is 13.0. The fourth-order valence-corrected chi connectivity index (χ4v) is 2.11. The van der Waals surface area contributed by atoms with Gasteiger partial charge in [-0.25, -0.2) is 4.79 Å². The molecule has 116 valence electrons. The maximum atomic E-state index is 12.3. The molecule has 0 bridgehead atoms. The third-order valence-corrected chi connectivity index (χ3v) is 3.38. The van der Waals surface area contributed by atoms with E-state index in [1.54, 1.807) is 11.8 Å². The van der Waals surface area contributed by atoms with Crippen LogP contribution >= 0.6 is 11.8 Å². The van der Waals surface area contributed by atoms with Gasteiger partial charge in [0.1, 0.15) is 6.04 Å². The van der Waals surface area contributed by atoms with E-state index in [9.17, 15) is 14.4 Å². The van der Waals surface area contributed by atoms with Gasteiger partial charge in [0, 0.05) is 13.1 Å². The number of hydrogen-bond donors (Lipinski definition) is 2. The molecule has 0 saturated heterocycles. The molecule has 0 aliphatic heterocycles. The van der Waals surface area contributed by atoms with Gasteiger partial charge in [-0.05, 0) is 25.4 Å². The van der Waals surface area contributed by atoms with Crippen LogP contribution in [0.4, 0.5) is 4.79 Å². The number of carbonyl (C=O) groups is 3. The van der Waals surface area contributed by atoms with Crippen molar-refractivity contribution in [1.29, 1.82) is 0 Å².